The lowest BCUT2D eigenvalue weighted by Gasteiger charge is -2.19. The Balaban J connectivity index is 1.72. The van der Waals surface area contributed by atoms with Crippen LogP contribution in [0, 0.1) is 0 Å². The summed E-state index contributed by atoms with van der Waals surface area (Å²) in [6.07, 6.45) is 6.96. The Kier molecular flexibility index (Phi) is 4.31. The molecule has 2 atom stereocenters. The molecule has 0 amide bonds. The van der Waals surface area contributed by atoms with Gasteiger partial charge in [-0.05, 0) is 31.4 Å². The summed E-state index contributed by atoms with van der Waals surface area (Å²) in [7, 11) is 1.81. The normalized spacial score (nSPS) is 24.8. The number of nitrogens with one attached hydrogen (secondary N) is 1. The average molecular weight is 220 g/mol. The maximum atomic E-state index is 5.45. The maximum Gasteiger partial charge on any atom is 0.0724 e. The molecule has 88 valence electrons. The minimum absolute atomic E-state index is 0.406. The largest absolute Gasteiger partial charge is 0.380 e. The third kappa shape index (κ3) is 3.03. The number of ether oxygens (including phenoxy) is 1. The van der Waals surface area contributed by atoms with Crippen LogP contribution >= 0.6 is 0 Å². The Morgan fingerprint density at radius 1 is 1.44 bits per heavy atom. The summed E-state index contributed by atoms with van der Waals surface area (Å²) in [6.45, 7) is 0.988. The Hall–Kier alpha value is -0.930. The standard InChI is InChI=1S/C13H20N2O/c1-16-13-7-4-6-12(13)15-10-8-11-5-2-3-9-14-11/h2-3,5,9,12-13,15H,4,6-8,10H2,1H3. The van der Waals surface area contributed by atoms with Crippen molar-refractivity contribution >= 4 is 0 Å². The molecule has 1 aliphatic rings. The molecule has 0 bridgehead atoms. The predicted molar refractivity (Wildman–Crippen MR) is 64.4 cm³/mol. The summed E-state index contributed by atoms with van der Waals surface area (Å²) < 4.78 is 5.45. The second-order valence-corrected chi connectivity index (χ2v) is 4.34. The highest BCUT2D eigenvalue weighted by atomic mass is 16.5. The molecule has 1 N–H and O–H groups in total. The monoisotopic (exact) mass is 220 g/mol. The minimum atomic E-state index is 0.406. The van der Waals surface area contributed by atoms with Crippen molar-refractivity contribution in [2.75, 3.05) is 13.7 Å². The first-order valence-electron chi connectivity index (χ1n) is 6.06. The van der Waals surface area contributed by atoms with Crippen molar-refractivity contribution < 1.29 is 4.74 Å². The SMILES string of the molecule is COC1CCCC1NCCc1ccccn1. The third-order valence-corrected chi connectivity index (χ3v) is 3.27. The van der Waals surface area contributed by atoms with Gasteiger partial charge in [0, 0.05) is 38.0 Å². The van der Waals surface area contributed by atoms with E-state index in [4.69, 9.17) is 4.74 Å². The number of rotatable bonds is 5. The molecule has 1 saturated carbocycles. The van der Waals surface area contributed by atoms with Crippen LogP contribution in [0.4, 0.5) is 0 Å². The molecule has 0 spiro atoms. The van der Waals surface area contributed by atoms with Crippen molar-refractivity contribution in [3.63, 3.8) is 0 Å². The van der Waals surface area contributed by atoms with Gasteiger partial charge in [-0.15, -0.1) is 0 Å². The minimum Gasteiger partial charge on any atom is -0.380 e. The number of hydrogen-bond donors (Lipinski definition) is 1. The number of methoxy groups -OCH3 is 1. The van der Waals surface area contributed by atoms with Crippen LogP contribution in [0.5, 0.6) is 0 Å². The highest BCUT2D eigenvalue weighted by molar-refractivity contribution is 5.03. The smallest absolute Gasteiger partial charge is 0.0724 e. The van der Waals surface area contributed by atoms with Gasteiger partial charge in [0.25, 0.3) is 0 Å². The number of hydrogen-bond acceptors (Lipinski definition) is 3. The van der Waals surface area contributed by atoms with E-state index in [9.17, 15) is 0 Å². The molecule has 0 saturated heterocycles. The summed E-state index contributed by atoms with van der Waals surface area (Å²) >= 11 is 0. The molecule has 0 radical (unpaired) electrons. The third-order valence-electron chi connectivity index (χ3n) is 3.27. The molecule has 0 aromatic carbocycles. The number of pyridine rings is 1. The zero-order valence-electron chi connectivity index (χ0n) is 9.86. The Morgan fingerprint density at radius 3 is 3.12 bits per heavy atom. The van der Waals surface area contributed by atoms with Crippen LogP contribution in [-0.4, -0.2) is 30.8 Å². The van der Waals surface area contributed by atoms with Gasteiger partial charge < -0.3 is 10.1 Å². The molecule has 3 nitrogen and oxygen atoms in total. The van der Waals surface area contributed by atoms with Gasteiger partial charge in [0.05, 0.1) is 6.10 Å². The van der Waals surface area contributed by atoms with Crippen LogP contribution in [0.3, 0.4) is 0 Å². The van der Waals surface area contributed by atoms with Crippen LogP contribution in [0.25, 0.3) is 0 Å². The quantitative estimate of drug-likeness (QED) is 0.821. The highest BCUT2D eigenvalue weighted by Crippen LogP contribution is 2.21. The van der Waals surface area contributed by atoms with Crippen molar-refractivity contribution in [2.24, 2.45) is 0 Å². The van der Waals surface area contributed by atoms with E-state index < -0.39 is 0 Å². The van der Waals surface area contributed by atoms with E-state index in [0.29, 0.717) is 12.1 Å². The highest BCUT2D eigenvalue weighted by Gasteiger charge is 2.26. The second-order valence-electron chi connectivity index (χ2n) is 4.34. The molecule has 16 heavy (non-hydrogen) atoms. The Bertz CT molecular complexity index is 302. The zero-order valence-corrected chi connectivity index (χ0v) is 9.86. The lowest BCUT2D eigenvalue weighted by molar-refractivity contribution is 0.0854. The van der Waals surface area contributed by atoms with Gasteiger partial charge in [-0.1, -0.05) is 6.07 Å². The van der Waals surface area contributed by atoms with Crippen LogP contribution < -0.4 is 5.32 Å². The molecule has 1 aromatic rings. The van der Waals surface area contributed by atoms with E-state index in [1.165, 1.54) is 19.3 Å². The molecule has 3 heteroatoms. The van der Waals surface area contributed by atoms with Gasteiger partial charge in [-0.2, -0.15) is 0 Å². The zero-order chi connectivity index (χ0) is 11.2. The van der Waals surface area contributed by atoms with Gasteiger partial charge in [0.2, 0.25) is 0 Å². The van der Waals surface area contributed by atoms with Crippen LogP contribution in [0.1, 0.15) is 25.0 Å². The number of nitrogens with zero attached hydrogens (tertiary/aromatic N) is 1. The van der Waals surface area contributed by atoms with Crippen molar-refractivity contribution in [1.82, 2.24) is 10.3 Å². The summed E-state index contributed by atoms with van der Waals surface area (Å²) in [5.74, 6) is 0. The first-order chi connectivity index (χ1) is 7.90. The van der Waals surface area contributed by atoms with Crippen LogP contribution in [-0.2, 0) is 11.2 Å². The Labute approximate surface area is 97.2 Å². The van der Waals surface area contributed by atoms with E-state index in [1.54, 1.807) is 0 Å². The molecule has 0 aliphatic heterocycles. The average Bonchev–Trinajstić information content (AvgIpc) is 2.78. The summed E-state index contributed by atoms with van der Waals surface area (Å²) in [4.78, 5) is 4.31. The van der Waals surface area contributed by atoms with Crippen molar-refractivity contribution in [1.29, 1.82) is 0 Å². The number of aromatic nitrogens is 1. The molecular weight excluding hydrogens is 200 g/mol. The van der Waals surface area contributed by atoms with E-state index in [-0.39, 0.29) is 0 Å². The molecule has 1 aliphatic carbocycles. The summed E-state index contributed by atoms with van der Waals surface area (Å²) in [5.41, 5.74) is 1.15. The fourth-order valence-corrected chi connectivity index (χ4v) is 2.37. The fraction of sp³-hybridized carbons (Fsp3) is 0.615. The lowest BCUT2D eigenvalue weighted by atomic mass is 10.2. The predicted octanol–water partition coefficient (Wildman–Crippen LogP) is 1.78. The van der Waals surface area contributed by atoms with Gasteiger partial charge in [-0.25, -0.2) is 0 Å². The molecule has 1 heterocycles. The first-order valence-corrected chi connectivity index (χ1v) is 6.06. The fourth-order valence-electron chi connectivity index (χ4n) is 2.37. The second kappa shape index (κ2) is 5.97. The maximum absolute atomic E-state index is 5.45. The van der Waals surface area contributed by atoms with Gasteiger partial charge in [0.1, 0.15) is 0 Å². The van der Waals surface area contributed by atoms with Crippen LogP contribution in [0.15, 0.2) is 24.4 Å². The molecular formula is C13H20N2O. The van der Waals surface area contributed by atoms with E-state index in [2.05, 4.69) is 16.4 Å². The topological polar surface area (TPSA) is 34.1 Å². The van der Waals surface area contributed by atoms with E-state index in [0.717, 1.165) is 18.7 Å². The van der Waals surface area contributed by atoms with Gasteiger partial charge >= 0.3 is 0 Å². The van der Waals surface area contributed by atoms with Crippen molar-refractivity contribution in [2.45, 2.75) is 37.8 Å². The molecule has 2 unspecified atom stereocenters. The van der Waals surface area contributed by atoms with Gasteiger partial charge in [-0.3, -0.25) is 4.98 Å². The molecule has 1 aromatic heterocycles. The van der Waals surface area contributed by atoms with Crippen molar-refractivity contribution in [3.05, 3.63) is 30.1 Å². The van der Waals surface area contributed by atoms with E-state index in [1.807, 2.05) is 25.4 Å². The molecule has 2 rings (SSSR count). The summed E-state index contributed by atoms with van der Waals surface area (Å²) in [6, 6.07) is 6.60. The lowest BCUT2D eigenvalue weighted by Crippen LogP contribution is -2.37. The van der Waals surface area contributed by atoms with Gasteiger partial charge in [0.15, 0.2) is 0 Å². The summed E-state index contributed by atoms with van der Waals surface area (Å²) in [5, 5.41) is 3.57. The van der Waals surface area contributed by atoms with E-state index >= 15 is 0 Å². The Morgan fingerprint density at radius 2 is 2.38 bits per heavy atom. The first kappa shape index (κ1) is 11.6. The molecule has 1 fully saturated rings. The van der Waals surface area contributed by atoms with Crippen LogP contribution in [0.2, 0.25) is 0 Å². The van der Waals surface area contributed by atoms with Crippen molar-refractivity contribution in [3.8, 4) is 0 Å².